The summed E-state index contributed by atoms with van der Waals surface area (Å²) in [5, 5.41) is 0. The van der Waals surface area contributed by atoms with Crippen molar-refractivity contribution >= 4 is 0 Å². The number of likely N-dealkylation sites (tertiary alicyclic amines) is 1. The first-order valence-electron chi connectivity index (χ1n) is 7.06. The van der Waals surface area contributed by atoms with E-state index in [4.69, 9.17) is 5.73 Å². The van der Waals surface area contributed by atoms with Crippen LogP contribution in [-0.2, 0) is 7.05 Å². The van der Waals surface area contributed by atoms with Gasteiger partial charge in [-0.1, -0.05) is 13.8 Å². The van der Waals surface area contributed by atoms with Crippen molar-refractivity contribution in [3.05, 3.63) is 18.2 Å². The van der Waals surface area contributed by atoms with E-state index >= 15 is 0 Å². The smallest absolute Gasteiger partial charge is 0.0946 e. The molecule has 2 heterocycles. The van der Waals surface area contributed by atoms with Crippen LogP contribution in [0.5, 0.6) is 0 Å². The van der Waals surface area contributed by atoms with Crippen LogP contribution in [0.2, 0.25) is 0 Å². The maximum atomic E-state index is 6.00. The molecule has 1 atom stereocenters. The molecule has 0 aliphatic carbocycles. The Bertz CT molecular complexity index is 381. The number of hydrogen-bond acceptors (Lipinski definition) is 3. The summed E-state index contributed by atoms with van der Waals surface area (Å²) in [6.45, 7) is 7.63. The number of nitrogens with zero attached hydrogens (tertiary/aromatic N) is 3. The van der Waals surface area contributed by atoms with E-state index in [-0.39, 0.29) is 0 Å². The van der Waals surface area contributed by atoms with E-state index in [9.17, 15) is 0 Å². The fourth-order valence-corrected chi connectivity index (χ4v) is 3.21. The van der Waals surface area contributed by atoms with Crippen LogP contribution < -0.4 is 5.73 Å². The summed E-state index contributed by atoms with van der Waals surface area (Å²) in [5.74, 6) is 0. The number of rotatable bonds is 5. The lowest BCUT2D eigenvalue weighted by Gasteiger charge is -2.30. The Balaban J connectivity index is 2.14. The molecule has 102 valence electrons. The first-order valence-corrected chi connectivity index (χ1v) is 7.06. The van der Waals surface area contributed by atoms with Gasteiger partial charge in [0.25, 0.3) is 0 Å². The molecule has 0 aromatic carbocycles. The van der Waals surface area contributed by atoms with Gasteiger partial charge in [-0.25, -0.2) is 4.98 Å². The van der Waals surface area contributed by atoms with E-state index in [1.165, 1.54) is 31.5 Å². The molecule has 2 N–H and O–H groups in total. The third-order valence-electron chi connectivity index (χ3n) is 4.83. The summed E-state index contributed by atoms with van der Waals surface area (Å²) in [6, 6.07) is 0.317. The molecule has 18 heavy (non-hydrogen) atoms. The topological polar surface area (TPSA) is 47.1 Å². The fourth-order valence-electron chi connectivity index (χ4n) is 3.21. The number of aromatic nitrogens is 2. The molecule has 4 heteroatoms. The number of nitrogens with two attached hydrogens (primary N) is 1. The number of hydrogen-bond donors (Lipinski definition) is 1. The van der Waals surface area contributed by atoms with Crippen LogP contribution in [0.3, 0.4) is 0 Å². The van der Waals surface area contributed by atoms with Crippen LogP contribution >= 0.6 is 0 Å². The first kappa shape index (κ1) is 13.6. The molecule has 1 aromatic heterocycles. The van der Waals surface area contributed by atoms with Crippen LogP contribution in [0.25, 0.3) is 0 Å². The molecule has 2 rings (SSSR count). The Morgan fingerprint density at radius 2 is 2.17 bits per heavy atom. The molecule has 0 amide bonds. The lowest BCUT2D eigenvalue weighted by molar-refractivity contribution is 0.193. The SMILES string of the molecule is CCC1(CC)CCN(C(CN)c2cncn2C)C1. The summed E-state index contributed by atoms with van der Waals surface area (Å²) >= 11 is 0. The molecular weight excluding hydrogens is 224 g/mol. The Labute approximate surface area is 110 Å². The van der Waals surface area contributed by atoms with Crippen LogP contribution in [0.1, 0.15) is 44.8 Å². The number of aryl methyl sites for hydroxylation is 1. The highest BCUT2D eigenvalue weighted by molar-refractivity contribution is 5.08. The quantitative estimate of drug-likeness (QED) is 0.868. The van der Waals surface area contributed by atoms with Gasteiger partial charge >= 0.3 is 0 Å². The predicted molar refractivity (Wildman–Crippen MR) is 74.2 cm³/mol. The highest BCUT2D eigenvalue weighted by Gasteiger charge is 2.38. The molecule has 0 spiro atoms. The van der Waals surface area contributed by atoms with Gasteiger partial charge in [0.15, 0.2) is 0 Å². The lowest BCUT2D eigenvalue weighted by atomic mass is 9.82. The van der Waals surface area contributed by atoms with Gasteiger partial charge in [-0.15, -0.1) is 0 Å². The second kappa shape index (κ2) is 5.41. The molecule has 1 aliphatic rings. The molecule has 1 fully saturated rings. The van der Waals surface area contributed by atoms with Crippen molar-refractivity contribution in [3.8, 4) is 0 Å². The molecule has 1 unspecified atom stereocenters. The largest absolute Gasteiger partial charge is 0.336 e. The standard InChI is InChI=1S/C14H26N4/c1-4-14(5-2)6-7-18(10-14)12(8-15)13-9-16-11-17(13)3/h9,11-12H,4-8,10,15H2,1-3H3. The minimum atomic E-state index is 0.317. The third-order valence-corrected chi connectivity index (χ3v) is 4.83. The third kappa shape index (κ3) is 2.31. The molecule has 4 nitrogen and oxygen atoms in total. The van der Waals surface area contributed by atoms with Crippen molar-refractivity contribution in [1.29, 1.82) is 0 Å². The zero-order valence-electron chi connectivity index (χ0n) is 11.9. The minimum Gasteiger partial charge on any atom is -0.336 e. The molecule has 0 saturated carbocycles. The zero-order chi connectivity index (χ0) is 13.2. The van der Waals surface area contributed by atoms with Gasteiger partial charge in [-0.2, -0.15) is 0 Å². The van der Waals surface area contributed by atoms with Crippen molar-refractivity contribution < 1.29 is 0 Å². The molecule has 1 aliphatic heterocycles. The van der Waals surface area contributed by atoms with Gasteiger partial charge in [0.05, 0.1) is 18.1 Å². The van der Waals surface area contributed by atoms with Crippen LogP contribution in [0, 0.1) is 5.41 Å². The molecule has 0 radical (unpaired) electrons. The van der Waals surface area contributed by atoms with Crippen LogP contribution in [0.15, 0.2) is 12.5 Å². The van der Waals surface area contributed by atoms with Gasteiger partial charge in [0, 0.05) is 26.3 Å². The second-order valence-corrected chi connectivity index (χ2v) is 5.61. The first-order chi connectivity index (χ1) is 8.65. The van der Waals surface area contributed by atoms with Gasteiger partial charge in [0.2, 0.25) is 0 Å². The van der Waals surface area contributed by atoms with Crippen molar-refractivity contribution in [3.63, 3.8) is 0 Å². The van der Waals surface area contributed by atoms with Crippen LogP contribution in [-0.4, -0.2) is 34.1 Å². The van der Waals surface area contributed by atoms with E-state index in [2.05, 4.69) is 28.3 Å². The highest BCUT2D eigenvalue weighted by atomic mass is 15.2. The summed E-state index contributed by atoms with van der Waals surface area (Å²) < 4.78 is 2.09. The zero-order valence-corrected chi connectivity index (χ0v) is 11.9. The maximum Gasteiger partial charge on any atom is 0.0946 e. The van der Waals surface area contributed by atoms with Gasteiger partial charge < -0.3 is 10.3 Å². The Kier molecular flexibility index (Phi) is 4.07. The van der Waals surface area contributed by atoms with E-state index in [1.54, 1.807) is 0 Å². The molecule has 1 aromatic rings. The highest BCUT2D eigenvalue weighted by Crippen LogP contribution is 2.40. The Hall–Kier alpha value is -0.870. The van der Waals surface area contributed by atoms with Crippen molar-refractivity contribution in [2.24, 2.45) is 18.2 Å². The normalized spacial score (nSPS) is 21.3. The van der Waals surface area contributed by atoms with E-state index in [0.717, 1.165) is 6.54 Å². The van der Waals surface area contributed by atoms with Gasteiger partial charge in [-0.3, -0.25) is 4.90 Å². The molecule has 0 bridgehead atoms. The molecular formula is C14H26N4. The summed E-state index contributed by atoms with van der Waals surface area (Å²) in [4.78, 5) is 6.77. The second-order valence-electron chi connectivity index (χ2n) is 5.61. The summed E-state index contributed by atoms with van der Waals surface area (Å²) in [7, 11) is 2.05. The summed E-state index contributed by atoms with van der Waals surface area (Å²) in [5.41, 5.74) is 7.74. The van der Waals surface area contributed by atoms with E-state index in [1.807, 2.05) is 19.6 Å². The van der Waals surface area contributed by atoms with Crippen molar-refractivity contribution in [1.82, 2.24) is 14.5 Å². The summed E-state index contributed by atoms with van der Waals surface area (Å²) in [6.07, 6.45) is 7.65. The number of imidazole rings is 1. The monoisotopic (exact) mass is 250 g/mol. The average Bonchev–Trinajstić information content (AvgIpc) is 2.99. The molecule has 1 saturated heterocycles. The Morgan fingerprint density at radius 1 is 1.44 bits per heavy atom. The van der Waals surface area contributed by atoms with Crippen molar-refractivity contribution in [2.45, 2.75) is 39.2 Å². The predicted octanol–water partition coefficient (Wildman–Crippen LogP) is 1.93. The lowest BCUT2D eigenvalue weighted by Crippen LogP contribution is -2.35. The van der Waals surface area contributed by atoms with Crippen LogP contribution in [0.4, 0.5) is 0 Å². The average molecular weight is 250 g/mol. The minimum absolute atomic E-state index is 0.317. The van der Waals surface area contributed by atoms with Gasteiger partial charge in [-0.05, 0) is 31.2 Å². The van der Waals surface area contributed by atoms with Gasteiger partial charge in [0.1, 0.15) is 0 Å². The Morgan fingerprint density at radius 3 is 2.61 bits per heavy atom. The van der Waals surface area contributed by atoms with E-state index < -0.39 is 0 Å². The maximum absolute atomic E-state index is 6.00. The van der Waals surface area contributed by atoms with Crippen molar-refractivity contribution in [2.75, 3.05) is 19.6 Å². The fraction of sp³-hybridized carbons (Fsp3) is 0.786. The van der Waals surface area contributed by atoms with E-state index in [0.29, 0.717) is 18.0 Å².